The molecule has 0 aromatic carbocycles. The van der Waals surface area contributed by atoms with Gasteiger partial charge in [0.25, 0.3) is 0 Å². The number of anilines is 1. The number of nitrogens with two attached hydrogens (primary N) is 1. The molecule has 1 aliphatic rings. The fraction of sp³-hybridized carbons (Fsp3) is 0.621. The molecule has 0 spiro atoms. The molecule has 1 unspecified atom stereocenters. The lowest BCUT2D eigenvalue weighted by atomic mass is 9.92. The molecule has 0 bridgehead atoms. The van der Waals surface area contributed by atoms with Crippen LogP contribution in [0.25, 0.3) is 5.52 Å². The van der Waals surface area contributed by atoms with Gasteiger partial charge in [-0.1, -0.05) is 13.8 Å². The van der Waals surface area contributed by atoms with E-state index in [1.165, 1.54) is 37.4 Å². The maximum Gasteiger partial charge on any atom is 0.510 e. The predicted molar refractivity (Wildman–Crippen MR) is 166 cm³/mol. The number of carbonyl (C=O) groups is 4. The Labute approximate surface area is 282 Å². The maximum atomic E-state index is 14.0. The number of esters is 3. The van der Waals surface area contributed by atoms with Gasteiger partial charge in [0.2, 0.25) is 12.4 Å². The van der Waals surface area contributed by atoms with Crippen LogP contribution in [0, 0.1) is 11.3 Å². The Bertz CT molecular complexity index is 1590. The molecular weight excluding hydrogens is 671 g/mol. The molecule has 20 heteroatoms. The lowest BCUT2D eigenvalue weighted by molar-refractivity contribution is -0.169. The number of nitrogen functional groups attached to an aromatic ring is 1. The summed E-state index contributed by atoms with van der Waals surface area (Å²) in [7, 11) is -4.63. The van der Waals surface area contributed by atoms with E-state index in [0.29, 0.717) is 5.52 Å². The first-order valence-corrected chi connectivity index (χ1v) is 16.9. The Hall–Kier alpha value is -4.34. The van der Waals surface area contributed by atoms with Crippen LogP contribution in [0.15, 0.2) is 18.5 Å². The second kappa shape index (κ2) is 16.9. The third-order valence-electron chi connectivity index (χ3n) is 6.73. The van der Waals surface area contributed by atoms with Crippen molar-refractivity contribution in [3.05, 3.63) is 24.2 Å². The minimum Gasteiger partial charge on any atom is -0.462 e. The van der Waals surface area contributed by atoms with Crippen LogP contribution >= 0.6 is 7.75 Å². The third-order valence-corrected chi connectivity index (χ3v) is 8.37. The number of rotatable bonds is 16. The first-order chi connectivity index (χ1) is 23.1. The summed E-state index contributed by atoms with van der Waals surface area (Å²) < 4.78 is 58.6. The summed E-state index contributed by atoms with van der Waals surface area (Å²) in [5, 5.41) is 17.2. The number of ether oxygens (including phenoxy) is 6. The summed E-state index contributed by atoms with van der Waals surface area (Å²) in [6.07, 6.45) is -5.85. The highest BCUT2D eigenvalue weighted by Gasteiger charge is 2.62. The van der Waals surface area contributed by atoms with Crippen molar-refractivity contribution in [3.63, 3.8) is 0 Å². The van der Waals surface area contributed by atoms with Gasteiger partial charge >= 0.3 is 31.8 Å². The average molecular weight is 713 g/mol. The van der Waals surface area contributed by atoms with Crippen molar-refractivity contribution in [2.75, 3.05) is 19.1 Å². The number of nitrogens with one attached hydrogen (secondary N) is 1. The molecule has 1 fully saturated rings. The van der Waals surface area contributed by atoms with E-state index in [9.17, 15) is 29.0 Å². The Kier molecular flexibility index (Phi) is 13.4. The third kappa shape index (κ3) is 9.64. The second-order valence-corrected chi connectivity index (χ2v) is 12.9. The SMILES string of the molecule is CCC(=O)O[C@H]1[C@@H](OC(=O)CC)[C@](C#N)(c2ccc3c(N)ncnn23)O[C@@H]1COP(=O)(N[C@@H](C)C(=O)OC(C)C)OCOC(=O)OC(C)C. The molecule has 3 N–H and O–H groups in total. The van der Waals surface area contributed by atoms with Gasteiger partial charge in [-0.05, 0) is 46.8 Å². The van der Waals surface area contributed by atoms with E-state index in [2.05, 4.69) is 15.2 Å². The number of aromatic nitrogens is 3. The Morgan fingerprint density at radius 1 is 1.06 bits per heavy atom. The molecule has 19 nitrogen and oxygen atoms in total. The zero-order chi connectivity index (χ0) is 36.5. The van der Waals surface area contributed by atoms with E-state index < -0.39 is 87.4 Å². The Morgan fingerprint density at radius 2 is 1.71 bits per heavy atom. The fourth-order valence-electron chi connectivity index (χ4n) is 4.54. The fourth-order valence-corrected chi connectivity index (χ4v) is 5.88. The molecule has 1 saturated heterocycles. The van der Waals surface area contributed by atoms with Crippen LogP contribution < -0.4 is 10.8 Å². The molecule has 49 heavy (non-hydrogen) atoms. The number of fused-ring (bicyclic) bond motifs is 1. The Morgan fingerprint density at radius 3 is 2.33 bits per heavy atom. The van der Waals surface area contributed by atoms with Crippen LogP contribution in [0.2, 0.25) is 0 Å². The van der Waals surface area contributed by atoms with Crippen LogP contribution in [-0.2, 0) is 62.0 Å². The van der Waals surface area contributed by atoms with Crippen LogP contribution in [0.5, 0.6) is 0 Å². The number of nitriles is 1. The molecule has 0 saturated carbocycles. The molecule has 3 rings (SSSR count). The summed E-state index contributed by atoms with van der Waals surface area (Å²) in [6.45, 7) is 9.03. The lowest BCUT2D eigenvalue weighted by Gasteiger charge is -2.28. The molecule has 6 atom stereocenters. The highest BCUT2D eigenvalue weighted by atomic mass is 31.2. The van der Waals surface area contributed by atoms with Gasteiger partial charge in [0, 0.05) is 12.8 Å². The molecule has 0 aliphatic carbocycles. The van der Waals surface area contributed by atoms with Gasteiger partial charge in [0.1, 0.15) is 30.1 Å². The standard InChI is InChI=1S/C29H41N6O13P/c1-8-22(36)46-24-20(12-42-49(40,34-18(7)27(38)44-16(3)4)43-15-41-28(39)45-17(5)6)48-29(13-30,25(24)47-23(37)9-2)21-11-10-19-26(31)32-14-33-35(19)21/h10-11,14,16-18,20,24-25H,8-9,12,15H2,1-7H3,(H,34,40)(H2,31,32,33)/t18-,20+,24+,25+,29-,49?/m0/s1. The van der Waals surface area contributed by atoms with Gasteiger partial charge in [0.05, 0.1) is 24.5 Å². The van der Waals surface area contributed by atoms with Crippen LogP contribution in [0.1, 0.15) is 67.0 Å². The van der Waals surface area contributed by atoms with Crippen molar-refractivity contribution >= 4 is 43.1 Å². The molecule has 3 heterocycles. The number of hydrogen-bond donors (Lipinski definition) is 2. The number of nitrogens with zero attached hydrogens (tertiary/aromatic N) is 4. The van der Waals surface area contributed by atoms with Crippen molar-refractivity contribution in [2.45, 2.75) is 103 Å². The Balaban J connectivity index is 2.03. The first kappa shape index (κ1) is 39.1. The van der Waals surface area contributed by atoms with Gasteiger partial charge < -0.3 is 34.2 Å². The molecule has 2 aromatic rings. The molecule has 270 valence electrons. The summed E-state index contributed by atoms with van der Waals surface area (Å²) in [5.41, 5.74) is 4.13. The number of hydrogen-bond acceptors (Lipinski definition) is 17. The molecule has 0 amide bonds. The normalized spacial score (nSPS) is 22.2. The predicted octanol–water partition coefficient (Wildman–Crippen LogP) is 2.66. The minimum atomic E-state index is -4.63. The first-order valence-electron chi connectivity index (χ1n) is 15.4. The molecule has 2 aromatic heterocycles. The van der Waals surface area contributed by atoms with Crippen molar-refractivity contribution < 1.29 is 61.2 Å². The van der Waals surface area contributed by atoms with Gasteiger partial charge in [0.15, 0.2) is 18.0 Å². The quantitative estimate of drug-likeness (QED) is 0.110. The number of carbonyl (C=O) groups excluding carboxylic acids is 4. The summed E-state index contributed by atoms with van der Waals surface area (Å²) in [5.74, 6) is -2.26. The van der Waals surface area contributed by atoms with Gasteiger partial charge in [-0.2, -0.15) is 10.4 Å². The summed E-state index contributed by atoms with van der Waals surface area (Å²) in [6, 6.07) is 3.71. The minimum absolute atomic E-state index is 0.0349. The van der Waals surface area contributed by atoms with E-state index in [4.69, 9.17) is 43.2 Å². The monoisotopic (exact) mass is 712 g/mol. The van der Waals surface area contributed by atoms with E-state index >= 15 is 0 Å². The van der Waals surface area contributed by atoms with Crippen molar-refractivity contribution in [1.29, 1.82) is 5.26 Å². The van der Waals surface area contributed by atoms with Crippen molar-refractivity contribution in [3.8, 4) is 6.07 Å². The summed E-state index contributed by atoms with van der Waals surface area (Å²) in [4.78, 5) is 53.8. The molecular formula is C29H41N6O13P. The van der Waals surface area contributed by atoms with E-state index in [1.54, 1.807) is 27.7 Å². The second-order valence-electron chi connectivity index (χ2n) is 11.2. The van der Waals surface area contributed by atoms with E-state index in [-0.39, 0.29) is 24.4 Å². The average Bonchev–Trinajstić information content (AvgIpc) is 3.60. The highest BCUT2D eigenvalue weighted by Crippen LogP contribution is 2.48. The smallest absolute Gasteiger partial charge is 0.462 e. The van der Waals surface area contributed by atoms with E-state index in [0.717, 1.165) is 6.33 Å². The van der Waals surface area contributed by atoms with Gasteiger partial charge in [-0.15, -0.1) is 0 Å². The molecule has 0 radical (unpaired) electrons. The largest absolute Gasteiger partial charge is 0.510 e. The zero-order valence-electron chi connectivity index (χ0n) is 28.1. The van der Waals surface area contributed by atoms with Crippen LogP contribution in [0.3, 0.4) is 0 Å². The van der Waals surface area contributed by atoms with Crippen LogP contribution in [-0.4, -0.2) is 88.6 Å². The van der Waals surface area contributed by atoms with Crippen molar-refractivity contribution in [1.82, 2.24) is 19.7 Å². The van der Waals surface area contributed by atoms with E-state index in [1.807, 2.05) is 6.07 Å². The molecule has 1 aliphatic heterocycles. The van der Waals surface area contributed by atoms with Gasteiger partial charge in [-0.25, -0.2) is 23.9 Å². The lowest BCUT2D eigenvalue weighted by Crippen LogP contribution is -2.46. The topological polar surface area (TPSA) is 251 Å². The maximum absolute atomic E-state index is 14.0. The highest BCUT2D eigenvalue weighted by molar-refractivity contribution is 7.51. The van der Waals surface area contributed by atoms with Crippen LogP contribution in [0.4, 0.5) is 10.6 Å². The zero-order valence-corrected chi connectivity index (χ0v) is 29.0. The van der Waals surface area contributed by atoms with Gasteiger partial charge in [-0.3, -0.25) is 23.4 Å². The summed E-state index contributed by atoms with van der Waals surface area (Å²) >= 11 is 0. The van der Waals surface area contributed by atoms with Crippen molar-refractivity contribution in [2.24, 2.45) is 0 Å².